The smallest absolute Gasteiger partial charge is 0.253 e. The van der Waals surface area contributed by atoms with E-state index in [0.29, 0.717) is 30.2 Å². The maximum absolute atomic E-state index is 12.7. The summed E-state index contributed by atoms with van der Waals surface area (Å²) in [6, 6.07) is 16.2. The number of nitrogens with one attached hydrogen (secondary N) is 2. The lowest BCUT2D eigenvalue weighted by atomic mass is 10.0. The summed E-state index contributed by atoms with van der Waals surface area (Å²) < 4.78 is 0. The fourth-order valence-corrected chi connectivity index (χ4v) is 3.79. The number of rotatable bonds is 7. The highest BCUT2D eigenvalue weighted by Gasteiger charge is 2.16. The first-order valence-electron chi connectivity index (χ1n) is 10.2. The van der Waals surface area contributed by atoms with Gasteiger partial charge in [0.25, 0.3) is 5.56 Å². The Labute approximate surface area is 182 Å². The zero-order valence-corrected chi connectivity index (χ0v) is 18.6. The van der Waals surface area contributed by atoms with Crippen LogP contribution in [0.5, 0.6) is 0 Å². The number of pyridine rings is 1. The lowest BCUT2D eigenvalue weighted by molar-refractivity contribution is 0.263. The predicted molar refractivity (Wildman–Crippen MR) is 127 cm³/mol. The van der Waals surface area contributed by atoms with E-state index in [4.69, 9.17) is 12.2 Å². The molecule has 0 saturated heterocycles. The number of fused-ring (bicyclic) bond motifs is 1. The van der Waals surface area contributed by atoms with Gasteiger partial charge in [-0.15, -0.1) is 0 Å². The average Bonchev–Trinajstić information content (AvgIpc) is 2.73. The second-order valence-corrected chi connectivity index (χ2v) is 8.11. The van der Waals surface area contributed by atoms with Gasteiger partial charge in [-0.25, -0.2) is 0 Å². The van der Waals surface area contributed by atoms with E-state index in [1.165, 1.54) is 5.56 Å². The summed E-state index contributed by atoms with van der Waals surface area (Å²) in [5.74, 6) is 0. The highest BCUT2D eigenvalue weighted by Crippen LogP contribution is 2.18. The van der Waals surface area contributed by atoms with E-state index in [-0.39, 0.29) is 18.2 Å². The number of benzene rings is 2. The van der Waals surface area contributed by atoms with Crippen molar-refractivity contribution in [3.8, 4) is 0 Å². The molecule has 1 atom stereocenters. The monoisotopic (exact) mass is 423 g/mol. The third-order valence-electron chi connectivity index (χ3n) is 5.41. The number of nitrogens with zero attached hydrogens (tertiary/aromatic N) is 1. The van der Waals surface area contributed by atoms with Crippen molar-refractivity contribution in [2.24, 2.45) is 0 Å². The number of aryl methyl sites for hydroxylation is 2. The molecule has 1 aromatic heterocycles. The molecule has 3 rings (SSSR count). The van der Waals surface area contributed by atoms with E-state index in [2.05, 4.69) is 42.3 Å². The Morgan fingerprint density at radius 2 is 1.87 bits per heavy atom. The minimum absolute atomic E-state index is 0.0378. The van der Waals surface area contributed by atoms with Crippen molar-refractivity contribution in [1.29, 1.82) is 0 Å². The molecule has 158 valence electrons. The van der Waals surface area contributed by atoms with Gasteiger partial charge in [0, 0.05) is 24.2 Å². The van der Waals surface area contributed by atoms with Gasteiger partial charge in [-0.3, -0.25) is 4.79 Å². The summed E-state index contributed by atoms with van der Waals surface area (Å²) in [4.78, 5) is 17.7. The summed E-state index contributed by atoms with van der Waals surface area (Å²) in [6.07, 6.45) is 0.575. The van der Waals surface area contributed by atoms with Crippen molar-refractivity contribution in [1.82, 2.24) is 15.2 Å². The number of aromatic amines is 1. The molecule has 30 heavy (non-hydrogen) atoms. The maximum atomic E-state index is 12.7. The van der Waals surface area contributed by atoms with E-state index >= 15 is 0 Å². The van der Waals surface area contributed by atoms with E-state index in [1.807, 2.05) is 42.2 Å². The average molecular weight is 424 g/mol. The molecule has 3 aromatic rings. The van der Waals surface area contributed by atoms with Crippen molar-refractivity contribution in [2.75, 3.05) is 13.2 Å². The molecular weight excluding hydrogens is 394 g/mol. The topological polar surface area (TPSA) is 68.4 Å². The van der Waals surface area contributed by atoms with Crippen LogP contribution in [-0.4, -0.2) is 33.3 Å². The number of thiocarbonyl (C=S) groups is 1. The Morgan fingerprint density at radius 3 is 2.57 bits per heavy atom. The predicted octanol–water partition coefficient (Wildman–Crippen LogP) is 3.97. The van der Waals surface area contributed by atoms with E-state index in [9.17, 15) is 9.90 Å². The molecule has 2 aromatic carbocycles. The van der Waals surface area contributed by atoms with E-state index < -0.39 is 0 Å². The third-order valence-corrected chi connectivity index (χ3v) is 5.79. The van der Waals surface area contributed by atoms with E-state index in [0.717, 1.165) is 22.0 Å². The number of aliphatic hydroxyl groups is 1. The fourth-order valence-electron chi connectivity index (χ4n) is 3.46. The molecule has 1 heterocycles. The van der Waals surface area contributed by atoms with Gasteiger partial charge < -0.3 is 20.3 Å². The van der Waals surface area contributed by atoms with Crippen LogP contribution in [0.2, 0.25) is 0 Å². The van der Waals surface area contributed by atoms with Crippen LogP contribution in [0.3, 0.4) is 0 Å². The van der Waals surface area contributed by atoms with Crippen LogP contribution in [0.15, 0.2) is 53.3 Å². The highest BCUT2D eigenvalue weighted by atomic mass is 32.1. The van der Waals surface area contributed by atoms with Crippen molar-refractivity contribution in [2.45, 2.75) is 39.8 Å². The molecule has 0 aliphatic heterocycles. The number of aliphatic hydroxyl groups excluding tert-OH is 1. The number of hydrogen-bond acceptors (Lipinski definition) is 3. The van der Waals surface area contributed by atoms with Gasteiger partial charge in [-0.1, -0.05) is 30.3 Å². The zero-order valence-electron chi connectivity index (χ0n) is 17.7. The molecule has 0 bridgehead atoms. The molecule has 0 amide bonds. The first-order valence-corrected chi connectivity index (χ1v) is 10.6. The molecule has 0 aliphatic rings. The van der Waals surface area contributed by atoms with Gasteiger partial charge in [0.2, 0.25) is 0 Å². The Morgan fingerprint density at radius 1 is 1.17 bits per heavy atom. The van der Waals surface area contributed by atoms with Crippen molar-refractivity contribution < 1.29 is 5.11 Å². The standard InChI is InChI=1S/C24H29N3O2S/c1-16-12-20-14-21(23(29)26-22(20)13-17(16)2)15-27(10-7-11-28)24(30)25-18(3)19-8-5-4-6-9-19/h4-6,8-9,12-14,18,28H,7,10-11,15H2,1-3H3,(H,25,30)(H,26,29). The number of aromatic nitrogens is 1. The Bertz CT molecular complexity index is 1080. The molecule has 0 aliphatic carbocycles. The summed E-state index contributed by atoms with van der Waals surface area (Å²) in [6.45, 7) is 7.17. The molecule has 0 fully saturated rings. The van der Waals surface area contributed by atoms with Gasteiger partial charge in [0.1, 0.15) is 0 Å². The van der Waals surface area contributed by atoms with Gasteiger partial charge in [0.05, 0.1) is 12.6 Å². The fraction of sp³-hybridized carbons (Fsp3) is 0.333. The van der Waals surface area contributed by atoms with Crippen LogP contribution in [0, 0.1) is 13.8 Å². The van der Waals surface area contributed by atoms with Gasteiger partial charge in [-0.05, 0) is 79.7 Å². The largest absolute Gasteiger partial charge is 0.396 e. The minimum Gasteiger partial charge on any atom is -0.396 e. The zero-order chi connectivity index (χ0) is 21.7. The van der Waals surface area contributed by atoms with Crippen LogP contribution in [0.4, 0.5) is 0 Å². The first kappa shape index (κ1) is 22.0. The summed E-state index contributed by atoms with van der Waals surface area (Å²) in [5, 5.41) is 14.3. The lowest BCUT2D eigenvalue weighted by Gasteiger charge is -2.28. The quantitative estimate of drug-likeness (QED) is 0.502. The van der Waals surface area contributed by atoms with Gasteiger partial charge >= 0.3 is 0 Å². The van der Waals surface area contributed by atoms with Crippen LogP contribution >= 0.6 is 12.2 Å². The SMILES string of the molecule is Cc1cc2cc(CN(CCCO)C(=S)NC(C)c3ccccc3)c(=O)[nH]c2cc1C. The van der Waals surface area contributed by atoms with Crippen molar-refractivity contribution in [3.63, 3.8) is 0 Å². The van der Waals surface area contributed by atoms with Crippen LogP contribution in [-0.2, 0) is 6.54 Å². The lowest BCUT2D eigenvalue weighted by Crippen LogP contribution is -2.42. The highest BCUT2D eigenvalue weighted by molar-refractivity contribution is 7.80. The number of hydrogen-bond donors (Lipinski definition) is 3. The van der Waals surface area contributed by atoms with Crippen molar-refractivity contribution >= 4 is 28.2 Å². The van der Waals surface area contributed by atoms with Gasteiger partial charge in [0.15, 0.2) is 5.11 Å². The molecule has 1 unspecified atom stereocenters. The Balaban J connectivity index is 1.83. The molecule has 3 N–H and O–H groups in total. The summed E-state index contributed by atoms with van der Waals surface area (Å²) >= 11 is 5.66. The Hall–Kier alpha value is -2.70. The molecular formula is C24H29N3O2S. The van der Waals surface area contributed by atoms with Crippen molar-refractivity contribution in [3.05, 3.63) is 81.1 Å². The normalized spacial score (nSPS) is 12.0. The molecule has 5 nitrogen and oxygen atoms in total. The molecule has 6 heteroatoms. The van der Waals surface area contributed by atoms with Gasteiger partial charge in [-0.2, -0.15) is 0 Å². The first-order chi connectivity index (χ1) is 14.4. The third kappa shape index (κ3) is 5.26. The number of H-pyrrole nitrogens is 1. The molecule has 0 spiro atoms. The second-order valence-electron chi connectivity index (χ2n) is 7.73. The van der Waals surface area contributed by atoms with Crippen LogP contribution < -0.4 is 10.9 Å². The molecule has 0 radical (unpaired) electrons. The van der Waals surface area contributed by atoms with E-state index in [1.54, 1.807) is 0 Å². The summed E-state index contributed by atoms with van der Waals surface area (Å²) in [5.41, 5.74) is 4.85. The summed E-state index contributed by atoms with van der Waals surface area (Å²) in [7, 11) is 0. The maximum Gasteiger partial charge on any atom is 0.253 e. The van der Waals surface area contributed by atoms with Crippen LogP contribution in [0.25, 0.3) is 10.9 Å². The Kier molecular flexibility index (Phi) is 7.24. The minimum atomic E-state index is -0.112. The molecule has 0 saturated carbocycles. The second kappa shape index (κ2) is 9.87. The van der Waals surface area contributed by atoms with Crippen LogP contribution in [0.1, 0.15) is 41.6 Å².